The van der Waals surface area contributed by atoms with Crippen LogP contribution in [-0.4, -0.2) is 18.4 Å². The molecule has 0 unspecified atom stereocenters. The Bertz CT molecular complexity index is 606. The molecule has 0 amide bonds. The summed E-state index contributed by atoms with van der Waals surface area (Å²) < 4.78 is 5.86. The highest BCUT2D eigenvalue weighted by Gasteiger charge is 2.07. The number of benzene rings is 2. The van der Waals surface area contributed by atoms with Crippen molar-refractivity contribution in [2.24, 2.45) is 4.99 Å². The van der Waals surface area contributed by atoms with Crippen LogP contribution in [0.4, 0.5) is 5.69 Å². The van der Waals surface area contributed by atoms with E-state index in [9.17, 15) is 5.11 Å². The number of nitrogens with zero attached hydrogens (tertiary/aromatic N) is 1. The van der Waals surface area contributed by atoms with Crippen LogP contribution in [0.3, 0.4) is 0 Å². The van der Waals surface area contributed by atoms with Crippen molar-refractivity contribution in [3.05, 3.63) is 51.1 Å². The number of phenols is 1. The molecule has 4 heteroatoms. The van der Waals surface area contributed by atoms with Crippen molar-refractivity contribution in [2.75, 3.05) is 7.11 Å². The molecule has 2 rings (SSSR count). The van der Waals surface area contributed by atoms with Gasteiger partial charge in [-0.2, -0.15) is 0 Å². The summed E-state index contributed by atoms with van der Waals surface area (Å²) in [7, 11) is 1.53. The molecule has 0 aromatic heterocycles. The van der Waals surface area contributed by atoms with Gasteiger partial charge in [0.2, 0.25) is 0 Å². The highest BCUT2D eigenvalue weighted by Crippen LogP contribution is 2.32. The molecule has 0 aliphatic rings. The predicted octanol–water partition coefficient (Wildman–Crippen LogP) is 4.06. The van der Waals surface area contributed by atoms with Gasteiger partial charge in [-0.05, 0) is 59.3 Å². The van der Waals surface area contributed by atoms with Crippen molar-refractivity contribution in [3.8, 4) is 11.5 Å². The van der Waals surface area contributed by atoms with E-state index in [2.05, 4.69) is 27.6 Å². The van der Waals surface area contributed by atoms with Gasteiger partial charge in [-0.3, -0.25) is 4.99 Å². The Morgan fingerprint density at radius 3 is 2.53 bits per heavy atom. The standard InChI is InChI=1S/C15H14INO2/c1-10-3-5-12(6-4-10)17-9-11-7-13(16)15(18)14(8-11)19-2/h3-9,18H,1-2H3. The number of methoxy groups -OCH3 is 1. The van der Waals surface area contributed by atoms with Crippen molar-refractivity contribution in [2.45, 2.75) is 6.92 Å². The quantitative estimate of drug-likeness (QED) is 0.657. The molecule has 0 aliphatic heterocycles. The molecule has 0 radical (unpaired) electrons. The lowest BCUT2D eigenvalue weighted by molar-refractivity contribution is 0.371. The van der Waals surface area contributed by atoms with Crippen LogP contribution in [0.5, 0.6) is 11.5 Å². The van der Waals surface area contributed by atoms with Crippen LogP contribution in [0.1, 0.15) is 11.1 Å². The first-order chi connectivity index (χ1) is 9.10. The smallest absolute Gasteiger partial charge is 0.171 e. The van der Waals surface area contributed by atoms with Gasteiger partial charge in [-0.25, -0.2) is 0 Å². The lowest BCUT2D eigenvalue weighted by atomic mass is 10.2. The van der Waals surface area contributed by atoms with Crippen molar-refractivity contribution in [1.82, 2.24) is 0 Å². The molecule has 0 saturated carbocycles. The van der Waals surface area contributed by atoms with Crippen LogP contribution < -0.4 is 4.74 Å². The summed E-state index contributed by atoms with van der Waals surface area (Å²) in [5, 5.41) is 9.76. The molecule has 2 aromatic carbocycles. The van der Waals surface area contributed by atoms with E-state index in [4.69, 9.17) is 4.74 Å². The van der Waals surface area contributed by atoms with Crippen molar-refractivity contribution in [1.29, 1.82) is 0 Å². The number of aromatic hydroxyl groups is 1. The van der Waals surface area contributed by atoms with Crippen LogP contribution >= 0.6 is 22.6 Å². The first kappa shape index (κ1) is 13.9. The molecule has 2 aromatic rings. The Morgan fingerprint density at radius 2 is 1.89 bits per heavy atom. The third kappa shape index (κ3) is 3.47. The summed E-state index contributed by atoms with van der Waals surface area (Å²) in [5.41, 5.74) is 2.99. The first-order valence-electron chi connectivity index (χ1n) is 5.77. The number of halogens is 1. The average molecular weight is 367 g/mol. The topological polar surface area (TPSA) is 41.8 Å². The molecule has 0 atom stereocenters. The largest absolute Gasteiger partial charge is 0.504 e. The molecule has 0 bridgehead atoms. The molecule has 98 valence electrons. The third-order valence-electron chi connectivity index (χ3n) is 2.67. The Morgan fingerprint density at radius 1 is 1.21 bits per heavy atom. The Kier molecular flexibility index (Phi) is 4.42. The van der Waals surface area contributed by atoms with Gasteiger partial charge < -0.3 is 9.84 Å². The number of ether oxygens (including phenoxy) is 1. The van der Waals surface area contributed by atoms with Crippen LogP contribution in [0.25, 0.3) is 0 Å². The molecule has 0 fully saturated rings. The normalized spacial score (nSPS) is 10.9. The number of hydrogen-bond acceptors (Lipinski definition) is 3. The second-order valence-electron chi connectivity index (χ2n) is 4.15. The maximum atomic E-state index is 9.76. The monoisotopic (exact) mass is 367 g/mol. The second-order valence-corrected chi connectivity index (χ2v) is 5.31. The molecule has 0 saturated heterocycles. The predicted molar refractivity (Wildman–Crippen MR) is 85.8 cm³/mol. The molecule has 3 nitrogen and oxygen atoms in total. The molecule has 0 aliphatic carbocycles. The van der Waals surface area contributed by atoms with E-state index in [0.29, 0.717) is 5.75 Å². The molecule has 19 heavy (non-hydrogen) atoms. The van der Waals surface area contributed by atoms with Crippen LogP contribution in [-0.2, 0) is 0 Å². The molecule has 1 N–H and O–H groups in total. The SMILES string of the molecule is COc1cc(C=Nc2ccc(C)cc2)cc(I)c1O. The summed E-state index contributed by atoms with van der Waals surface area (Å²) >= 11 is 2.07. The fraction of sp³-hybridized carbons (Fsp3) is 0.133. The van der Waals surface area contributed by atoms with E-state index in [1.807, 2.05) is 37.3 Å². The van der Waals surface area contributed by atoms with Gasteiger partial charge in [0.25, 0.3) is 0 Å². The van der Waals surface area contributed by atoms with Crippen molar-refractivity contribution >= 4 is 34.5 Å². The highest BCUT2D eigenvalue weighted by molar-refractivity contribution is 14.1. The van der Waals surface area contributed by atoms with E-state index in [0.717, 1.165) is 14.8 Å². The zero-order valence-corrected chi connectivity index (χ0v) is 12.9. The minimum absolute atomic E-state index is 0.163. The molecule has 0 spiro atoms. The fourth-order valence-corrected chi connectivity index (χ4v) is 2.23. The number of hydrogen-bond donors (Lipinski definition) is 1. The summed E-state index contributed by atoms with van der Waals surface area (Å²) in [5.74, 6) is 0.618. The van der Waals surface area contributed by atoms with Gasteiger partial charge in [-0.1, -0.05) is 17.7 Å². The number of aliphatic imine (C=N–C) groups is 1. The second kappa shape index (κ2) is 6.06. The summed E-state index contributed by atoms with van der Waals surface area (Å²) in [4.78, 5) is 4.40. The maximum absolute atomic E-state index is 9.76. The lowest BCUT2D eigenvalue weighted by Crippen LogP contribution is -1.90. The Hall–Kier alpha value is -1.56. The molecule has 0 heterocycles. The third-order valence-corrected chi connectivity index (χ3v) is 3.49. The van der Waals surface area contributed by atoms with Gasteiger partial charge in [0.15, 0.2) is 11.5 Å². The van der Waals surface area contributed by atoms with Gasteiger partial charge in [0.1, 0.15) is 0 Å². The highest BCUT2D eigenvalue weighted by atomic mass is 127. The van der Waals surface area contributed by atoms with E-state index >= 15 is 0 Å². The fourth-order valence-electron chi connectivity index (χ4n) is 1.60. The minimum Gasteiger partial charge on any atom is -0.504 e. The van der Waals surface area contributed by atoms with Gasteiger partial charge in [-0.15, -0.1) is 0 Å². The van der Waals surface area contributed by atoms with E-state index < -0.39 is 0 Å². The van der Waals surface area contributed by atoms with Gasteiger partial charge >= 0.3 is 0 Å². The summed E-state index contributed by atoms with van der Waals surface area (Å²) in [6.45, 7) is 2.04. The minimum atomic E-state index is 0.163. The number of phenolic OH excluding ortho intramolecular Hbond substituents is 1. The average Bonchev–Trinajstić information content (AvgIpc) is 2.41. The first-order valence-corrected chi connectivity index (χ1v) is 6.85. The van der Waals surface area contributed by atoms with Crippen molar-refractivity contribution < 1.29 is 9.84 Å². The number of aryl methyl sites for hydroxylation is 1. The van der Waals surface area contributed by atoms with E-state index in [1.54, 1.807) is 12.3 Å². The van der Waals surface area contributed by atoms with Crippen LogP contribution in [0.2, 0.25) is 0 Å². The number of rotatable bonds is 3. The van der Waals surface area contributed by atoms with E-state index in [1.165, 1.54) is 12.7 Å². The lowest BCUT2D eigenvalue weighted by Gasteiger charge is -2.06. The zero-order chi connectivity index (χ0) is 13.8. The zero-order valence-electron chi connectivity index (χ0n) is 10.7. The van der Waals surface area contributed by atoms with Gasteiger partial charge in [0, 0.05) is 6.21 Å². The molecular weight excluding hydrogens is 353 g/mol. The van der Waals surface area contributed by atoms with Crippen molar-refractivity contribution in [3.63, 3.8) is 0 Å². The Labute approximate surface area is 126 Å². The van der Waals surface area contributed by atoms with Crippen LogP contribution in [0.15, 0.2) is 41.4 Å². The van der Waals surface area contributed by atoms with Gasteiger partial charge in [0.05, 0.1) is 16.4 Å². The summed E-state index contributed by atoms with van der Waals surface area (Å²) in [6.07, 6.45) is 1.76. The van der Waals surface area contributed by atoms with Crippen LogP contribution in [0, 0.1) is 10.5 Å². The van der Waals surface area contributed by atoms with E-state index in [-0.39, 0.29) is 5.75 Å². The summed E-state index contributed by atoms with van der Waals surface area (Å²) in [6, 6.07) is 11.6. The molecular formula is C15H14INO2. The maximum Gasteiger partial charge on any atom is 0.171 e. The Balaban J connectivity index is 2.28.